The molecule has 2 amide bonds. The lowest BCUT2D eigenvalue weighted by Gasteiger charge is -2.37. The number of imidazole rings is 1. The third-order valence-corrected chi connectivity index (χ3v) is 6.81. The molecule has 3 aromatic rings. The van der Waals surface area contributed by atoms with Gasteiger partial charge in [0.1, 0.15) is 6.61 Å². The molecule has 9 heteroatoms. The Hall–Kier alpha value is -3.20. The van der Waals surface area contributed by atoms with E-state index in [4.69, 9.17) is 9.47 Å². The Labute approximate surface area is 190 Å². The number of fused-ring (bicyclic) bond motifs is 2. The van der Waals surface area contributed by atoms with Crippen molar-refractivity contribution in [2.75, 3.05) is 38.5 Å². The smallest absolute Gasteiger partial charge is 0.267 e. The standard InChI is InChI=1S/C23H24N4O4S/c1-25-17-7-3-2-6-16(17)24-23(25)32-15-21(28)26-10-12-27(13-11-26)22(29)20-14-30-18-8-4-5-9-19(18)31-20/h2-9,20H,10-15H2,1H3. The zero-order chi connectivity index (χ0) is 22.1. The fourth-order valence-electron chi connectivity index (χ4n) is 3.99. The van der Waals surface area contributed by atoms with Gasteiger partial charge in [0, 0.05) is 33.2 Å². The Balaban J connectivity index is 1.13. The van der Waals surface area contributed by atoms with E-state index in [0.717, 1.165) is 16.2 Å². The number of hydrogen-bond donors (Lipinski definition) is 0. The number of aromatic nitrogens is 2. The summed E-state index contributed by atoms with van der Waals surface area (Å²) in [5, 5.41) is 0.822. The Bertz CT molecular complexity index is 1160. The van der Waals surface area contributed by atoms with Crippen molar-refractivity contribution in [1.82, 2.24) is 19.4 Å². The summed E-state index contributed by atoms with van der Waals surface area (Å²) >= 11 is 1.44. The Morgan fingerprint density at radius 1 is 1.00 bits per heavy atom. The molecule has 1 unspecified atom stereocenters. The van der Waals surface area contributed by atoms with Gasteiger partial charge in [0.2, 0.25) is 12.0 Å². The number of piperazine rings is 1. The molecule has 0 spiro atoms. The largest absolute Gasteiger partial charge is 0.485 e. The highest BCUT2D eigenvalue weighted by Gasteiger charge is 2.33. The fourth-order valence-corrected chi connectivity index (χ4v) is 4.88. The lowest BCUT2D eigenvalue weighted by molar-refractivity contribution is -0.145. The van der Waals surface area contributed by atoms with Gasteiger partial charge < -0.3 is 23.8 Å². The van der Waals surface area contributed by atoms with Gasteiger partial charge in [-0.25, -0.2) is 4.98 Å². The molecular weight excluding hydrogens is 428 g/mol. The van der Waals surface area contributed by atoms with Crippen LogP contribution in [0.15, 0.2) is 53.7 Å². The molecule has 0 bridgehead atoms. The van der Waals surface area contributed by atoms with Gasteiger partial charge in [-0.05, 0) is 24.3 Å². The minimum absolute atomic E-state index is 0.0559. The van der Waals surface area contributed by atoms with Crippen LogP contribution in [0, 0.1) is 0 Å². The van der Waals surface area contributed by atoms with Crippen molar-refractivity contribution >= 4 is 34.6 Å². The Kier molecular flexibility index (Phi) is 5.65. The van der Waals surface area contributed by atoms with Gasteiger partial charge in [0.15, 0.2) is 16.7 Å². The first kappa shape index (κ1) is 20.7. The Morgan fingerprint density at radius 2 is 1.69 bits per heavy atom. The van der Waals surface area contributed by atoms with Crippen LogP contribution in [0.3, 0.4) is 0 Å². The molecule has 5 rings (SSSR count). The van der Waals surface area contributed by atoms with Crippen molar-refractivity contribution in [3.8, 4) is 11.5 Å². The van der Waals surface area contributed by atoms with E-state index in [1.807, 2.05) is 59.0 Å². The molecule has 0 radical (unpaired) electrons. The molecule has 2 aromatic carbocycles. The van der Waals surface area contributed by atoms with Gasteiger partial charge in [0.05, 0.1) is 16.8 Å². The molecule has 0 saturated carbocycles. The first-order valence-corrected chi connectivity index (χ1v) is 11.6. The number of rotatable bonds is 4. The van der Waals surface area contributed by atoms with Crippen molar-refractivity contribution in [3.63, 3.8) is 0 Å². The van der Waals surface area contributed by atoms with Crippen LogP contribution in [0.5, 0.6) is 11.5 Å². The van der Waals surface area contributed by atoms with Crippen molar-refractivity contribution in [3.05, 3.63) is 48.5 Å². The van der Waals surface area contributed by atoms with E-state index < -0.39 is 6.10 Å². The number of amides is 2. The zero-order valence-corrected chi connectivity index (χ0v) is 18.6. The molecule has 1 atom stereocenters. The minimum atomic E-state index is -0.653. The van der Waals surface area contributed by atoms with Gasteiger partial charge in [-0.15, -0.1) is 0 Å². The van der Waals surface area contributed by atoms with E-state index in [0.29, 0.717) is 43.4 Å². The molecular formula is C23H24N4O4S. The molecule has 166 valence electrons. The van der Waals surface area contributed by atoms with Crippen LogP contribution in [0.4, 0.5) is 0 Å². The van der Waals surface area contributed by atoms with Crippen molar-refractivity contribution < 1.29 is 19.1 Å². The van der Waals surface area contributed by atoms with E-state index in [9.17, 15) is 9.59 Å². The van der Waals surface area contributed by atoms with Gasteiger partial charge in [-0.1, -0.05) is 36.0 Å². The summed E-state index contributed by atoms with van der Waals surface area (Å²) < 4.78 is 13.5. The highest BCUT2D eigenvalue weighted by molar-refractivity contribution is 7.99. The summed E-state index contributed by atoms with van der Waals surface area (Å²) in [4.78, 5) is 33.8. The maximum Gasteiger partial charge on any atom is 0.267 e. The first-order valence-electron chi connectivity index (χ1n) is 10.6. The quantitative estimate of drug-likeness (QED) is 0.565. The summed E-state index contributed by atoms with van der Waals surface area (Å²) in [7, 11) is 1.96. The number of hydrogen-bond acceptors (Lipinski definition) is 6. The zero-order valence-electron chi connectivity index (χ0n) is 17.8. The third kappa shape index (κ3) is 4.00. The van der Waals surface area contributed by atoms with Crippen LogP contribution in [0.2, 0.25) is 0 Å². The Morgan fingerprint density at radius 3 is 2.47 bits per heavy atom. The highest BCUT2D eigenvalue weighted by atomic mass is 32.2. The van der Waals surface area contributed by atoms with Crippen LogP contribution in [0.1, 0.15) is 0 Å². The monoisotopic (exact) mass is 452 g/mol. The second-order valence-electron chi connectivity index (χ2n) is 7.80. The average molecular weight is 453 g/mol. The molecule has 0 N–H and O–H groups in total. The second-order valence-corrected chi connectivity index (χ2v) is 8.74. The van der Waals surface area contributed by atoms with E-state index in [-0.39, 0.29) is 18.4 Å². The van der Waals surface area contributed by atoms with Crippen molar-refractivity contribution in [1.29, 1.82) is 0 Å². The number of thioether (sulfide) groups is 1. The number of carbonyl (C=O) groups excluding carboxylic acids is 2. The molecule has 2 aliphatic rings. The molecule has 1 aromatic heterocycles. The van der Waals surface area contributed by atoms with Gasteiger partial charge in [-0.2, -0.15) is 0 Å². The van der Waals surface area contributed by atoms with Crippen LogP contribution in [0.25, 0.3) is 11.0 Å². The summed E-state index contributed by atoms with van der Waals surface area (Å²) in [5.74, 6) is 1.53. The molecule has 2 aliphatic heterocycles. The third-order valence-electron chi connectivity index (χ3n) is 5.80. The number of nitrogens with zero attached hydrogens (tertiary/aromatic N) is 4. The molecule has 1 saturated heterocycles. The van der Waals surface area contributed by atoms with Crippen LogP contribution in [-0.2, 0) is 16.6 Å². The number of carbonyl (C=O) groups is 2. The summed E-state index contributed by atoms with van der Waals surface area (Å²) in [6.45, 7) is 2.20. The highest BCUT2D eigenvalue weighted by Crippen LogP contribution is 2.31. The number of ether oxygens (including phenoxy) is 2. The molecule has 1 fully saturated rings. The lowest BCUT2D eigenvalue weighted by atomic mass is 10.2. The van der Waals surface area contributed by atoms with Crippen LogP contribution in [-0.4, -0.2) is 75.8 Å². The normalized spacial score (nSPS) is 18.1. The van der Waals surface area contributed by atoms with Crippen molar-refractivity contribution in [2.45, 2.75) is 11.3 Å². The minimum Gasteiger partial charge on any atom is -0.485 e. The van der Waals surface area contributed by atoms with E-state index >= 15 is 0 Å². The van der Waals surface area contributed by atoms with Gasteiger partial charge in [0.25, 0.3) is 5.91 Å². The molecule has 3 heterocycles. The lowest BCUT2D eigenvalue weighted by Crippen LogP contribution is -2.55. The molecule has 8 nitrogen and oxygen atoms in total. The predicted octanol–water partition coefficient (Wildman–Crippen LogP) is 2.18. The van der Waals surface area contributed by atoms with E-state index in [1.54, 1.807) is 11.0 Å². The van der Waals surface area contributed by atoms with Gasteiger partial charge >= 0.3 is 0 Å². The molecule has 32 heavy (non-hydrogen) atoms. The number of para-hydroxylation sites is 4. The fraction of sp³-hybridized carbons (Fsp3) is 0.348. The maximum absolute atomic E-state index is 12.9. The molecule has 0 aliphatic carbocycles. The first-order chi connectivity index (χ1) is 15.6. The number of benzene rings is 2. The van der Waals surface area contributed by atoms with Gasteiger partial charge in [-0.3, -0.25) is 9.59 Å². The predicted molar refractivity (Wildman–Crippen MR) is 121 cm³/mol. The summed E-state index contributed by atoms with van der Waals surface area (Å²) in [6, 6.07) is 15.3. The van der Waals surface area contributed by atoms with E-state index in [1.165, 1.54) is 11.8 Å². The number of aryl methyl sites for hydroxylation is 1. The van der Waals surface area contributed by atoms with Crippen LogP contribution < -0.4 is 9.47 Å². The van der Waals surface area contributed by atoms with Crippen LogP contribution >= 0.6 is 11.8 Å². The summed E-state index contributed by atoms with van der Waals surface area (Å²) in [6.07, 6.45) is -0.653. The average Bonchev–Trinajstić information content (AvgIpc) is 3.17. The van der Waals surface area contributed by atoms with Crippen molar-refractivity contribution in [2.24, 2.45) is 7.05 Å². The van der Waals surface area contributed by atoms with E-state index in [2.05, 4.69) is 4.98 Å². The topological polar surface area (TPSA) is 76.9 Å². The SMILES string of the molecule is Cn1c(SCC(=O)N2CCN(C(=O)C3COc4ccccc4O3)CC2)nc2ccccc21. The maximum atomic E-state index is 12.9. The second kappa shape index (κ2) is 8.74. The summed E-state index contributed by atoms with van der Waals surface area (Å²) in [5.41, 5.74) is 1.97.